The number of nitrogens with one attached hydrogen (secondary N) is 2. The van der Waals surface area contributed by atoms with E-state index in [9.17, 15) is 26.7 Å². The van der Waals surface area contributed by atoms with E-state index in [1.54, 1.807) is 6.92 Å². The molecule has 0 aliphatic heterocycles. The van der Waals surface area contributed by atoms with E-state index in [2.05, 4.69) is 10.6 Å². The molecule has 0 saturated carbocycles. The van der Waals surface area contributed by atoms with Gasteiger partial charge in [0, 0.05) is 17.8 Å². The van der Waals surface area contributed by atoms with E-state index in [1.165, 1.54) is 12.1 Å². The lowest BCUT2D eigenvalue weighted by Gasteiger charge is -2.12. The van der Waals surface area contributed by atoms with Gasteiger partial charge in [-0.1, -0.05) is 12.1 Å². The second-order valence-electron chi connectivity index (χ2n) is 5.07. The van der Waals surface area contributed by atoms with Crippen molar-refractivity contribution in [3.05, 3.63) is 64.7 Å². The Bertz CT molecular complexity index is 759. The molecule has 0 heterocycles. The van der Waals surface area contributed by atoms with Gasteiger partial charge in [-0.25, -0.2) is 13.6 Å². The maximum absolute atomic E-state index is 13.7. The monoisotopic (exact) mass is 344 g/mol. The molecule has 0 radical (unpaired) electrons. The molecule has 0 aliphatic carbocycles. The lowest BCUT2D eigenvalue weighted by molar-refractivity contribution is -0.137. The summed E-state index contributed by atoms with van der Waals surface area (Å²) < 4.78 is 64.1. The summed E-state index contributed by atoms with van der Waals surface area (Å²) >= 11 is 0. The quantitative estimate of drug-likeness (QED) is 0.784. The molecular formula is C16H13F5N2O. The standard InChI is InChI=1S/C16H13F5N2O/c1-9-2-5-12(17)7-14(9)23-15(24)22-8-10-3-4-11(6-13(10)18)16(19,20)21/h2-7H,8H2,1H3,(H2,22,23,24). The van der Waals surface area contributed by atoms with Crippen LogP contribution in [0.25, 0.3) is 0 Å². The molecular weight excluding hydrogens is 331 g/mol. The van der Waals surface area contributed by atoms with E-state index in [0.29, 0.717) is 11.6 Å². The number of alkyl halides is 3. The Kier molecular flexibility index (Phi) is 5.06. The number of anilines is 1. The predicted molar refractivity (Wildman–Crippen MR) is 78.4 cm³/mol. The van der Waals surface area contributed by atoms with Crippen LogP contribution in [-0.4, -0.2) is 6.03 Å². The van der Waals surface area contributed by atoms with Crippen LogP contribution in [0.2, 0.25) is 0 Å². The van der Waals surface area contributed by atoms with Crippen LogP contribution in [0, 0.1) is 18.6 Å². The van der Waals surface area contributed by atoms with Gasteiger partial charge < -0.3 is 10.6 Å². The molecule has 24 heavy (non-hydrogen) atoms. The molecule has 0 spiro atoms. The molecule has 0 fully saturated rings. The molecule has 2 aromatic carbocycles. The highest BCUT2D eigenvalue weighted by molar-refractivity contribution is 5.90. The van der Waals surface area contributed by atoms with Crippen LogP contribution in [0.4, 0.5) is 32.4 Å². The topological polar surface area (TPSA) is 41.1 Å². The lowest BCUT2D eigenvalue weighted by atomic mass is 10.1. The first-order chi connectivity index (χ1) is 11.2. The average Bonchev–Trinajstić information content (AvgIpc) is 2.48. The van der Waals surface area contributed by atoms with Crippen molar-refractivity contribution in [3.63, 3.8) is 0 Å². The normalized spacial score (nSPS) is 11.2. The minimum atomic E-state index is -4.64. The first-order valence-corrected chi connectivity index (χ1v) is 6.83. The fourth-order valence-electron chi connectivity index (χ4n) is 1.94. The third-order valence-corrected chi connectivity index (χ3v) is 3.27. The molecule has 2 aromatic rings. The van der Waals surface area contributed by atoms with E-state index >= 15 is 0 Å². The van der Waals surface area contributed by atoms with E-state index in [0.717, 1.165) is 18.2 Å². The first-order valence-electron chi connectivity index (χ1n) is 6.83. The summed E-state index contributed by atoms with van der Waals surface area (Å²) in [5.41, 5.74) is -0.356. The number of hydrogen-bond acceptors (Lipinski definition) is 1. The highest BCUT2D eigenvalue weighted by Crippen LogP contribution is 2.30. The third kappa shape index (κ3) is 4.43. The van der Waals surface area contributed by atoms with Gasteiger partial charge >= 0.3 is 12.2 Å². The Balaban J connectivity index is 2.00. The van der Waals surface area contributed by atoms with Crippen molar-refractivity contribution in [2.75, 3.05) is 5.32 Å². The maximum Gasteiger partial charge on any atom is 0.416 e. The molecule has 8 heteroatoms. The van der Waals surface area contributed by atoms with Crippen LogP contribution >= 0.6 is 0 Å². The first kappa shape index (κ1) is 17.7. The zero-order chi connectivity index (χ0) is 17.9. The van der Waals surface area contributed by atoms with Gasteiger partial charge in [0.1, 0.15) is 11.6 Å². The average molecular weight is 344 g/mol. The van der Waals surface area contributed by atoms with E-state index < -0.39 is 29.4 Å². The summed E-state index contributed by atoms with van der Waals surface area (Å²) in [6.07, 6.45) is -4.64. The van der Waals surface area contributed by atoms with Gasteiger partial charge in [-0.2, -0.15) is 13.2 Å². The Morgan fingerprint density at radius 1 is 1.08 bits per heavy atom. The van der Waals surface area contributed by atoms with E-state index in [1.807, 2.05) is 0 Å². The van der Waals surface area contributed by atoms with Crippen LogP contribution in [0.1, 0.15) is 16.7 Å². The molecule has 0 atom stereocenters. The summed E-state index contributed by atoms with van der Waals surface area (Å²) in [7, 11) is 0. The highest BCUT2D eigenvalue weighted by atomic mass is 19.4. The molecule has 2 amide bonds. The molecule has 0 saturated heterocycles. The zero-order valence-corrected chi connectivity index (χ0v) is 12.5. The molecule has 2 rings (SSSR count). The number of halogens is 5. The van der Waals surface area contributed by atoms with Crippen LogP contribution < -0.4 is 10.6 Å². The van der Waals surface area contributed by atoms with E-state index in [4.69, 9.17) is 0 Å². The molecule has 2 N–H and O–H groups in total. The van der Waals surface area contributed by atoms with Crippen LogP contribution in [0.3, 0.4) is 0 Å². The summed E-state index contributed by atoms with van der Waals surface area (Å²) in [5, 5.41) is 4.68. The third-order valence-electron chi connectivity index (χ3n) is 3.27. The number of urea groups is 1. The van der Waals surface area contributed by atoms with Gasteiger partial charge in [-0.15, -0.1) is 0 Å². The second kappa shape index (κ2) is 6.86. The van der Waals surface area contributed by atoms with Crippen molar-refractivity contribution in [2.45, 2.75) is 19.6 Å². The van der Waals surface area contributed by atoms with Crippen molar-refractivity contribution in [3.8, 4) is 0 Å². The number of carbonyl (C=O) groups excluding carboxylic acids is 1. The van der Waals surface area contributed by atoms with Gasteiger partial charge in [0.2, 0.25) is 0 Å². The summed E-state index contributed by atoms with van der Waals surface area (Å²) in [6.45, 7) is 1.34. The van der Waals surface area contributed by atoms with Crippen LogP contribution in [0.15, 0.2) is 36.4 Å². The van der Waals surface area contributed by atoms with Crippen molar-refractivity contribution in [2.24, 2.45) is 0 Å². The van der Waals surface area contributed by atoms with Crippen molar-refractivity contribution >= 4 is 11.7 Å². The Labute approximate surface area is 134 Å². The fraction of sp³-hybridized carbons (Fsp3) is 0.188. The maximum atomic E-state index is 13.7. The Morgan fingerprint density at radius 3 is 2.42 bits per heavy atom. The lowest BCUT2D eigenvalue weighted by Crippen LogP contribution is -2.29. The largest absolute Gasteiger partial charge is 0.416 e. The smallest absolute Gasteiger partial charge is 0.334 e. The zero-order valence-electron chi connectivity index (χ0n) is 12.5. The number of aryl methyl sites for hydroxylation is 1. The van der Waals surface area contributed by atoms with Gasteiger partial charge in [-0.05, 0) is 36.8 Å². The van der Waals surface area contributed by atoms with Gasteiger partial charge in [-0.3, -0.25) is 0 Å². The second-order valence-corrected chi connectivity index (χ2v) is 5.07. The summed E-state index contributed by atoms with van der Waals surface area (Å²) in [5.74, 6) is -1.61. The van der Waals surface area contributed by atoms with Crippen molar-refractivity contribution in [1.29, 1.82) is 0 Å². The van der Waals surface area contributed by atoms with Gasteiger partial charge in [0.25, 0.3) is 0 Å². The number of hydrogen-bond donors (Lipinski definition) is 2. The highest BCUT2D eigenvalue weighted by Gasteiger charge is 2.31. The Hall–Kier alpha value is -2.64. The summed E-state index contributed by atoms with van der Waals surface area (Å²) in [4.78, 5) is 11.7. The predicted octanol–water partition coefficient (Wildman–Crippen LogP) is 4.61. The minimum Gasteiger partial charge on any atom is -0.334 e. The Morgan fingerprint density at radius 2 is 1.79 bits per heavy atom. The SMILES string of the molecule is Cc1ccc(F)cc1NC(=O)NCc1ccc(C(F)(F)F)cc1F. The minimum absolute atomic E-state index is 0.103. The number of amides is 2. The van der Waals surface area contributed by atoms with Gasteiger partial charge in [0.05, 0.1) is 5.56 Å². The number of rotatable bonds is 3. The number of benzene rings is 2. The number of carbonyl (C=O) groups is 1. The fourth-order valence-corrected chi connectivity index (χ4v) is 1.94. The van der Waals surface area contributed by atoms with E-state index in [-0.39, 0.29) is 17.8 Å². The molecule has 0 bridgehead atoms. The van der Waals surface area contributed by atoms with Crippen LogP contribution in [-0.2, 0) is 12.7 Å². The van der Waals surface area contributed by atoms with Crippen molar-refractivity contribution in [1.82, 2.24) is 5.32 Å². The van der Waals surface area contributed by atoms with Gasteiger partial charge in [0.15, 0.2) is 0 Å². The molecule has 0 aromatic heterocycles. The summed E-state index contributed by atoms with van der Waals surface area (Å²) in [6, 6.07) is 5.14. The molecule has 3 nitrogen and oxygen atoms in total. The van der Waals surface area contributed by atoms with Crippen LogP contribution in [0.5, 0.6) is 0 Å². The molecule has 128 valence electrons. The molecule has 0 unspecified atom stereocenters. The van der Waals surface area contributed by atoms with Crippen molar-refractivity contribution < 1.29 is 26.7 Å². The molecule has 0 aliphatic rings.